The van der Waals surface area contributed by atoms with Gasteiger partial charge in [0.15, 0.2) is 0 Å². The van der Waals surface area contributed by atoms with Crippen molar-refractivity contribution in [2.75, 3.05) is 26.3 Å². The van der Waals surface area contributed by atoms with E-state index in [9.17, 15) is 14.4 Å². The lowest BCUT2D eigenvalue weighted by molar-refractivity contribution is -0.155. The van der Waals surface area contributed by atoms with Crippen LogP contribution in [0.1, 0.15) is 59.3 Å². The predicted octanol–water partition coefficient (Wildman–Crippen LogP) is 2.28. The highest BCUT2D eigenvalue weighted by Gasteiger charge is 2.56. The van der Waals surface area contributed by atoms with Crippen molar-refractivity contribution in [2.24, 2.45) is 23.7 Å². The molecule has 0 saturated carbocycles. The van der Waals surface area contributed by atoms with Gasteiger partial charge in [-0.15, -0.1) is 0 Å². The lowest BCUT2D eigenvalue weighted by atomic mass is 9.70. The number of aliphatic hydroxyl groups excluding tert-OH is 1. The van der Waals surface area contributed by atoms with E-state index in [2.05, 4.69) is 12.2 Å². The van der Waals surface area contributed by atoms with Gasteiger partial charge in [-0.3, -0.25) is 14.4 Å². The first kappa shape index (κ1) is 24.4. The van der Waals surface area contributed by atoms with E-state index in [0.29, 0.717) is 13.1 Å². The van der Waals surface area contributed by atoms with E-state index in [4.69, 9.17) is 9.84 Å². The number of nitrogens with one attached hydrogen (secondary N) is 1. The minimum Gasteiger partial charge on any atom is -0.466 e. The zero-order valence-electron chi connectivity index (χ0n) is 18.6. The number of fused-ring (bicyclic) bond motifs is 1. The summed E-state index contributed by atoms with van der Waals surface area (Å²) in [5.41, 5.74) is 0. The Kier molecular flexibility index (Phi) is 9.82. The molecule has 2 rings (SSSR count). The molecular formula is C23H38N2O5. The van der Waals surface area contributed by atoms with Gasteiger partial charge in [0.1, 0.15) is 6.04 Å². The van der Waals surface area contributed by atoms with E-state index >= 15 is 0 Å². The van der Waals surface area contributed by atoms with Crippen molar-refractivity contribution in [3.63, 3.8) is 0 Å². The van der Waals surface area contributed by atoms with Gasteiger partial charge in [0.05, 0.1) is 18.4 Å². The Hall–Kier alpha value is -1.89. The number of nitrogens with zero attached hydrogens (tertiary/aromatic N) is 1. The van der Waals surface area contributed by atoms with E-state index in [1.807, 2.05) is 19.1 Å². The zero-order valence-corrected chi connectivity index (χ0v) is 18.6. The smallest absolute Gasteiger partial charge is 0.310 e. The van der Waals surface area contributed by atoms with Crippen LogP contribution in [0.15, 0.2) is 12.2 Å². The summed E-state index contributed by atoms with van der Waals surface area (Å²) >= 11 is 0. The molecule has 30 heavy (non-hydrogen) atoms. The summed E-state index contributed by atoms with van der Waals surface area (Å²) in [7, 11) is 0. The number of carbonyl (C=O) groups is 3. The van der Waals surface area contributed by atoms with Gasteiger partial charge in [0, 0.05) is 25.6 Å². The van der Waals surface area contributed by atoms with Crippen molar-refractivity contribution in [1.29, 1.82) is 0 Å². The lowest BCUT2D eigenvalue weighted by Crippen LogP contribution is -2.47. The maximum absolute atomic E-state index is 13.4. The van der Waals surface area contributed by atoms with Gasteiger partial charge in [0.25, 0.3) is 0 Å². The Balaban J connectivity index is 2.23. The molecule has 1 fully saturated rings. The van der Waals surface area contributed by atoms with Crippen LogP contribution < -0.4 is 5.32 Å². The highest BCUT2D eigenvalue weighted by atomic mass is 16.5. The summed E-state index contributed by atoms with van der Waals surface area (Å²) in [5.74, 6) is -2.15. The van der Waals surface area contributed by atoms with Crippen LogP contribution >= 0.6 is 0 Å². The first-order valence-electron chi connectivity index (χ1n) is 11.5. The van der Waals surface area contributed by atoms with Crippen molar-refractivity contribution in [3.8, 4) is 0 Å². The Morgan fingerprint density at radius 3 is 2.53 bits per heavy atom. The Bertz CT molecular complexity index is 621. The summed E-state index contributed by atoms with van der Waals surface area (Å²) in [6.07, 6.45) is 9.07. The summed E-state index contributed by atoms with van der Waals surface area (Å²) in [4.78, 5) is 40.9. The molecule has 0 spiro atoms. The van der Waals surface area contributed by atoms with Gasteiger partial charge >= 0.3 is 5.97 Å². The zero-order chi connectivity index (χ0) is 22.1. The molecule has 0 aromatic carbocycles. The van der Waals surface area contributed by atoms with E-state index < -0.39 is 17.9 Å². The van der Waals surface area contributed by atoms with Gasteiger partial charge in [-0.25, -0.2) is 0 Å². The molecule has 0 aromatic heterocycles. The second-order valence-corrected chi connectivity index (χ2v) is 8.38. The average Bonchev–Trinajstić information content (AvgIpc) is 3.00. The molecule has 0 aromatic rings. The van der Waals surface area contributed by atoms with E-state index in [1.54, 1.807) is 11.8 Å². The second-order valence-electron chi connectivity index (χ2n) is 8.38. The number of ether oxygens (including phenoxy) is 1. The van der Waals surface area contributed by atoms with Crippen LogP contribution in [0.4, 0.5) is 0 Å². The fourth-order valence-corrected chi connectivity index (χ4v) is 4.67. The topological polar surface area (TPSA) is 95.9 Å². The fraction of sp³-hybridized carbons (Fsp3) is 0.783. The van der Waals surface area contributed by atoms with Gasteiger partial charge < -0.3 is 20.1 Å². The maximum atomic E-state index is 13.4. The molecule has 1 aliphatic carbocycles. The number of rotatable bonds is 12. The first-order chi connectivity index (χ1) is 14.5. The van der Waals surface area contributed by atoms with Crippen molar-refractivity contribution in [3.05, 3.63) is 12.2 Å². The summed E-state index contributed by atoms with van der Waals surface area (Å²) < 4.78 is 5.28. The molecule has 0 unspecified atom stereocenters. The highest BCUT2D eigenvalue weighted by molar-refractivity contribution is 5.96. The number of likely N-dealkylation sites (tertiary alicyclic amines) is 1. The number of allylic oxidation sites excluding steroid dienone is 1. The molecule has 2 N–H and O–H groups in total. The fourth-order valence-electron chi connectivity index (χ4n) is 4.67. The molecule has 1 heterocycles. The van der Waals surface area contributed by atoms with E-state index in [1.165, 1.54) is 0 Å². The maximum Gasteiger partial charge on any atom is 0.310 e. The molecule has 7 nitrogen and oxygen atoms in total. The van der Waals surface area contributed by atoms with E-state index in [-0.39, 0.29) is 42.8 Å². The molecule has 2 amide bonds. The monoisotopic (exact) mass is 422 g/mol. The Morgan fingerprint density at radius 2 is 1.87 bits per heavy atom. The number of unbranched alkanes of at least 4 members (excludes halogenated alkanes) is 4. The van der Waals surface area contributed by atoms with Crippen LogP contribution in [0.2, 0.25) is 0 Å². The molecule has 7 heteroatoms. The standard InChI is InChI=1S/C23H38N2O5/c1-4-6-13-24-21(27)20-17-12-11-16(3)18(23(29)30-5-2)19(17)22(28)25(20)14-9-7-8-10-15-26/h11-12,16-20,26H,4-10,13-15H2,1-3H3,(H,24,27)/t16-,17+,18-,19-,20+/m1/s1. The van der Waals surface area contributed by atoms with Crippen molar-refractivity contribution in [2.45, 2.75) is 65.3 Å². The third-order valence-electron chi connectivity index (χ3n) is 6.24. The Morgan fingerprint density at radius 1 is 1.13 bits per heavy atom. The van der Waals surface area contributed by atoms with Crippen LogP contribution in [-0.2, 0) is 19.1 Å². The molecule has 0 bridgehead atoms. The first-order valence-corrected chi connectivity index (χ1v) is 11.5. The van der Waals surface area contributed by atoms with Crippen LogP contribution in [0.3, 0.4) is 0 Å². The predicted molar refractivity (Wildman–Crippen MR) is 114 cm³/mol. The largest absolute Gasteiger partial charge is 0.466 e. The molecule has 1 saturated heterocycles. The Labute approximate surface area is 180 Å². The van der Waals surface area contributed by atoms with Gasteiger partial charge in [-0.2, -0.15) is 0 Å². The van der Waals surface area contributed by atoms with Gasteiger partial charge in [-0.05, 0) is 32.1 Å². The third kappa shape index (κ3) is 5.62. The molecule has 2 aliphatic rings. The second kappa shape index (κ2) is 12.1. The van der Waals surface area contributed by atoms with Crippen molar-refractivity contribution in [1.82, 2.24) is 10.2 Å². The number of esters is 1. The molecule has 170 valence electrons. The van der Waals surface area contributed by atoms with Crippen LogP contribution in [0.25, 0.3) is 0 Å². The highest BCUT2D eigenvalue weighted by Crippen LogP contribution is 2.44. The molecule has 1 aliphatic heterocycles. The number of carbonyl (C=O) groups excluding carboxylic acids is 3. The number of aliphatic hydroxyl groups is 1. The number of hydrogen-bond donors (Lipinski definition) is 2. The van der Waals surface area contributed by atoms with Crippen LogP contribution in [-0.4, -0.2) is 60.1 Å². The summed E-state index contributed by atoms with van der Waals surface area (Å²) in [5, 5.41) is 11.9. The molecular weight excluding hydrogens is 384 g/mol. The number of amides is 2. The normalized spacial score (nSPS) is 27.8. The summed E-state index contributed by atoms with van der Waals surface area (Å²) in [6, 6.07) is -0.585. The van der Waals surface area contributed by atoms with Crippen molar-refractivity contribution >= 4 is 17.8 Å². The summed E-state index contributed by atoms with van der Waals surface area (Å²) in [6.45, 7) is 7.26. The number of hydrogen-bond acceptors (Lipinski definition) is 5. The molecule has 0 radical (unpaired) electrons. The van der Waals surface area contributed by atoms with E-state index in [0.717, 1.165) is 38.5 Å². The van der Waals surface area contributed by atoms with Crippen LogP contribution in [0.5, 0.6) is 0 Å². The van der Waals surface area contributed by atoms with Gasteiger partial charge in [0.2, 0.25) is 11.8 Å². The average molecular weight is 423 g/mol. The minimum atomic E-state index is -0.585. The SMILES string of the molecule is CCCCNC(=O)[C@@H]1[C@H]2C=C[C@@H](C)[C@@H](C(=O)OCC)[C@@H]2C(=O)N1CCCCCCO. The van der Waals surface area contributed by atoms with Crippen LogP contribution in [0, 0.1) is 23.7 Å². The lowest BCUT2D eigenvalue weighted by Gasteiger charge is -2.32. The quantitative estimate of drug-likeness (QED) is 0.286. The minimum absolute atomic E-state index is 0.109. The third-order valence-corrected chi connectivity index (χ3v) is 6.24. The molecule has 5 atom stereocenters. The van der Waals surface area contributed by atoms with Crippen molar-refractivity contribution < 1.29 is 24.2 Å². The van der Waals surface area contributed by atoms with Gasteiger partial charge in [-0.1, -0.05) is 45.3 Å².